The number of hydrogen-bond acceptors (Lipinski definition) is 2. The van der Waals surface area contributed by atoms with Gasteiger partial charge in [0.1, 0.15) is 0 Å². The summed E-state index contributed by atoms with van der Waals surface area (Å²) >= 11 is 0. The fourth-order valence-corrected chi connectivity index (χ4v) is 4.18. The molecule has 0 amide bonds. The zero-order valence-electron chi connectivity index (χ0n) is 13.0. The van der Waals surface area contributed by atoms with Crippen LogP contribution >= 0.6 is 0 Å². The van der Waals surface area contributed by atoms with E-state index in [-0.39, 0.29) is 0 Å². The van der Waals surface area contributed by atoms with Crippen molar-refractivity contribution < 1.29 is 0 Å². The first-order valence-electron chi connectivity index (χ1n) is 8.64. The van der Waals surface area contributed by atoms with Crippen LogP contribution in [0, 0.1) is 23.7 Å². The number of hydrogen-bond donors (Lipinski definition) is 2. The highest BCUT2D eigenvalue weighted by molar-refractivity contribution is 4.99. The van der Waals surface area contributed by atoms with Gasteiger partial charge in [-0.3, -0.25) is 0 Å². The zero-order chi connectivity index (χ0) is 13.7. The average molecular weight is 266 g/mol. The van der Waals surface area contributed by atoms with Gasteiger partial charge in [-0.2, -0.15) is 0 Å². The third-order valence-corrected chi connectivity index (χ3v) is 5.42. The van der Waals surface area contributed by atoms with Crippen LogP contribution in [-0.4, -0.2) is 19.1 Å². The van der Waals surface area contributed by atoms with Crippen LogP contribution < -0.4 is 11.1 Å². The van der Waals surface area contributed by atoms with E-state index in [0.717, 1.165) is 23.7 Å². The highest BCUT2D eigenvalue weighted by Gasteiger charge is 2.45. The van der Waals surface area contributed by atoms with Gasteiger partial charge >= 0.3 is 0 Å². The van der Waals surface area contributed by atoms with Gasteiger partial charge in [-0.1, -0.05) is 39.5 Å². The minimum absolute atomic E-state index is 0.497. The van der Waals surface area contributed by atoms with Gasteiger partial charge in [-0.15, -0.1) is 0 Å². The van der Waals surface area contributed by atoms with E-state index in [4.69, 9.17) is 5.73 Å². The monoisotopic (exact) mass is 266 g/mol. The summed E-state index contributed by atoms with van der Waals surface area (Å²) < 4.78 is 0. The second-order valence-electron chi connectivity index (χ2n) is 7.38. The van der Waals surface area contributed by atoms with Crippen LogP contribution in [-0.2, 0) is 0 Å². The summed E-state index contributed by atoms with van der Waals surface area (Å²) in [4.78, 5) is 0. The number of fused-ring (bicyclic) bond motifs is 2. The first kappa shape index (κ1) is 15.3. The molecule has 2 aliphatic carbocycles. The molecule has 2 bridgehead atoms. The molecule has 0 aromatic rings. The quantitative estimate of drug-likeness (QED) is 0.626. The molecule has 2 nitrogen and oxygen atoms in total. The summed E-state index contributed by atoms with van der Waals surface area (Å²) in [5.41, 5.74) is 6.33. The fraction of sp³-hybridized carbons (Fsp3) is 1.00. The lowest BCUT2D eigenvalue weighted by Crippen LogP contribution is -2.41. The molecule has 4 atom stereocenters. The molecule has 0 aromatic carbocycles. The number of nitrogens with two attached hydrogens (primary N) is 1. The van der Waals surface area contributed by atoms with E-state index in [2.05, 4.69) is 19.2 Å². The number of rotatable bonds is 9. The predicted molar refractivity (Wildman–Crippen MR) is 83.1 cm³/mol. The standard InChI is InChI=1S/C17H34N2/c1-13(2)7-5-3-4-6-10-19-12-16-14-8-9-15(11-14)17(16)18/h13-17,19H,3-12,18H2,1-2H3. The summed E-state index contributed by atoms with van der Waals surface area (Å²) in [6.07, 6.45) is 11.2. The highest BCUT2D eigenvalue weighted by Crippen LogP contribution is 2.47. The molecule has 2 saturated carbocycles. The third-order valence-electron chi connectivity index (χ3n) is 5.42. The van der Waals surface area contributed by atoms with Crippen molar-refractivity contribution in [1.82, 2.24) is 5.32 Å². The predicted octanol–water partition coefficient (Wildman–Crippen LogP) is 3.56. The van der Waals surface area contributed by atoms with Gasteiger partial charge in [-0.05, 0) is 62.4 Å². The van der Waals surface area contributed by atoms with E-state index in [1.54, 1.807) is 0 Å². The molecule has 0 radical (unpaired) electrons. The Morgan fingerprint density at radius 2 is 1.79 bits per heavy atom. The van der Waals surface area contributed by atoms with Crippen molar-refractivity contribution in [3.63, 3.8) is 0 Å². The molecular weight excluding hydrogens is 232 g/mol. The summed E-state index contributed by atoms with van der Waals surface area (Å²) in [5.74, 6) is 3.45. The van der Waals surface area contributed by atoms with Crippen molar-refractivity contribution in [1.29, 1.82) is 0 Å². The minimum atomic E-state index is 0.497. The smallest absolute Gasteiger partial charge is 0.0110 e. The van der Waals surface area contributed by atoms with Gasteiger partial charge in [0.2, 0.25) is 0 Å². The highest BCUT2D eigenvalue weighted by atomic mass is 14.9. The van der Waals surface area contributed by atoms with Crippen LogP contribution in [0.25, 0.3) is 0 Å². The molecule has 19 heavy (non-hydrogen) atoms. The second kappa shape index (κ2) is 7.64. The molecule has 4 unspecified atom stereocenters. The second-order valence-corrected chi connectivity index (χ2v) is 7.38. The Hall–Kier alpha value is -0.0800. The molecule has 112 valence electrons. The van der Waals surface area contributed by atoms with Crippen molar-refractivity contribution in [3.05, 3.63) is 0 Å². The van der Waals surface area contributed by atoms with Gasteiger partial charge in [0.05, 0.1) is 0 Å². The van der Waals surface area contributed by atoms with E-state index >= 15 is 0 Å². The maximum absolute atomic E-state index is 6.33. The lowest BCUT2D eigenvalue weighted by atomic mass is 9.85. The summed E-state index contributed by atoms with van der Waals surface area (Å²) in [5, 5.41) is 3.66. The molecule has 2 fully saturated rings. The Morgan fingerprint density at radius 3 is 2.47 bits per heavy atom. The molecule has 2 rings (SSSR count). The third kappa shape index (κ3) is 4.46. The van der Waals surface area contributed by atoms with Gasteiger partial charge < -0.3 is 11.1 Å². The topological polar surface area (TPSA) is 38.0 Å². The van der Waals surface area contributed by atoms with Crippen LogP contribution in [0.5, 0.6) is 0 Å². The van der Waals surface area contributed by atoms with Crippen LogP contribution in [0.3, 0.4) is 0 Å². The van der Waals surface area contributed by atoms with E-state index in [1.165, 1.54) is 64.5 Å². The van der Waals surface area contributed by atoms with Crippen LogP contribution in [0.4, 0.5) is 0 Å². The van der Waals surface area contributed by atoms with Gasteiger partial charge in [-0.25, -0.2) is 0 Å². The van der Waals surface area contributed by atoms with Crippen molar-refractivity contribution >= 4 is 0 Å². The Morgan fingerprint density at radius 1 is 1.05 bits per heavy atom. The maximum Gasteiger partial charge on any atom is 0.0110 e. The molecule has 0 heterocycles. The SMILES string of the molecule is CC(C)CCCCCCNCC1C2CCC(C2)C1N. The molecule has 2 heteroatoms. The van der Waals surface area contributed by atoms with Crippen molar-refractivity contribution in [2.45, 2.75) is 71.3 Å². The Balaban J connectivity index is 1.44. The van der Waals surface area contributed by atoms with Gasteiger partial charge in [0.25, 0.3) is 0 Å². The lowest BCUT2D eigenvalue weighted by molar-refractivity contribution is 0.278. The molecule has 3 N–H and O–H groups in total. The Kier molecular flexibility index (Phi) is 6.15. The Labute approximate surface area is 119 Å². The van der Waals surface area contributed by atoms with E-state index in [1.807, 2.05) is 0 Å². The van der Waals surface area contributed by atoms with Crippen LogP contribution in [0.15, 0.2) is 0 Å². The first-order chi connectivity index (χ1) is 9.18. The minimum Gasteiger partial charge on any atom is -0.327 e. The van der Waals surface area contributed by atoms with Gasteiger partial charge in [0, 0.05) is 6.04 Å². The molecule has 2 aliphatic rings. The normalized spacial score (nSPS) is 33.5. The first-order valence-corrected chi connectivity index (χ1v) is 8.64. The van der Waals surface area contributed by atoms with Crippen molar-refractivity contribution in [2.24, 2.45) is 29.4 Å². The van der Waals surface area contributed by atoms with E-state index in [9.17, 15) is 0 Å². The van der Waals surface area contributed by atoms with Gasteiger partial charge in [0.15, 0.2) is 0 Å². The maximum atomic E-state index is 6.33. The van der Waals surface area contributed by atoms with Crippen LogP contribution in [0.1, 0.15) is 65.2 Å². The average Bonchev–Trinajstić information content (AvgIpc) is 2.94. The largest absolute Gasteiger partial charge is 0.327 e. The summed E-state index contributed by atoms with van der Waals surface area (Å²) in [6, 6.07) is 0.497. The Bertz CT molecular complexity index is 250. The summed E-state index contributed by atoms with van der Waals surface area (Å²) in [7, 11) is 0. The lowest BCUT2D eigenvalue weighted by Gasteiger charge is -2.28. The zero-order valence-corrected chi connectivity index (χ0v) is 13.0. The molecule has 0 aromatic heterocycles. The van der Waals surface area contributed by atoms with E-state index < -0.39 is 0 Å². The number of unbranched alkanes of at least 4 members (excludes halogenated alkanes) is 3. The van der Waals surface area contributed by atoms with Crippen LogP contribution in [0.2, 0.25) is 0 Å². The molecule has 0 aliphatic heterocycles. The van der Waals surface area contributed by atoms with E-state index in [0.29, 0.717) is 6.04 Å². The molecule has 0 spiro atoms. The number of nitrogens with one attached hydrogen (secondary N) is 1. The molecular formula is C17H34N2. The summed E-state index contributed by atoms with van der Waals surface area (Å²) in [6.45, 7) is 7.01. The van der Waals surface area contributed by atoms with Crippen molar-refractivity contribution in [2.75, 3.05) is 13.1 Å². The molecule has 0 saturated heterocycles. The fourth-order valence-electron chi connectivity index (χ4n) is 4.18. The van der Waals surface area contributed by atoms with Crippen molar-refractivity contribution in [3.8, 4) is 0 Å².